The van der Waals surface area contributed by atoms with E-state index in [-0.39, 0.29) is 5.58 Å². The summed E-state index contributed by atoms with van der Waals surface area (Å²) in [5, 5.41) is 11.6. The number of esters is 1. The van der Waals surface area contributed by atoms with Crippen molar-refractivity contribution in [3.63, 3.8) is 0 Å². The van der Waals surface area contributed by atoms with Gasteiger partial charge in [-0.15, -0.1) is 0 Å². The summed E-state index contributed by atoms with van der Waals surface area (Å²) in [5.74, 6) is -2.37. The van der Waals surface area contributed by atoms with E-state index in [1.165, 1.54) is 0 Å². The SMILES string of the molecule is O=C(Cn1cnc2c(oc3ccccc32)c1=O)Oc1cc(F)ccc1[N+](=O)[O-]. The lowest BCUT2D eigenvalue weighted by Gasteiger charge is -2.06. The molecule has 0 aliphatic rings. The van der Waals surface area contributed by atoms with Gasteiger partial charge in [-0.25, -0.2) is 14.2 Å². The van der Waals surface area contributed by atoms with Crippen molar-refractivity contribution in [2.45, 2.75) is 6.54 Å². The van der Waals surface area contributed by atoms with E-state index < -0.39 is 40.3 Å². The van der Waals surface area contributed by atoms with Crippen molar-refractivity contribution in [3.05, 3.63) is 75.1 Å². The summed E-state index contributed by atoms with van der Waals surface area (Å²) in [6.07, 6.45) is 1.15. The van der Waals surface area contributed by atoms with E-state index in [2.05, 4.69) is 4.98 Å². The number of nitro benzene ring substituents is 1. The van der Waals surface area contributed by atoms with Crippen molar-refractivity contribution < 1.29 is 23.3 Å². The molecular weight excluding hydrogens is 373 g/mol. The Morgan fingerprint density at radius 1 is 1.29 bits per heavy atom. The van der Waals surface area contributed by atoms with E-state index in [1.807, 2.05) is 0 Å². The molecule has 0 spiro atoms. The quantitative estimate of drug-likeness (QED) is 0.230. The molecule has 0 N–H and O–H groups in total. The average Bonchev–Trinajstić information content (AvgIpc) is 3.03. The normalized spacial score (nSPS) is 11.0. The number of carbonyl (C=O) groups excluding carboxylic acids is 1. The molecule has 0 saturated heterocycles. The molecule has 0 fully saturated rings. The van der Waals surface area contributed by atoms with E-state index in [4.69, 9.17) is 9.15 Å². The summed E-state index contributed by atoms with van der Waals surface area (Å²) in [6, 6.07) is 9.42. The van der Waals surface area contributed by atoms with Gasteiger partial charge in [0.2, 0.25) is 11.3 Å². The number of hydrogen-bond acceptors (Lipinski definition) is 7. The van der Waals surface area contributed by atoms with Crippen LogP contribution in [0.4, 0.5) is 10.1 Å². The van der Waals surface area contributed by atoms with Crippen molar-refractivity contribution in [1.82, 2.24) is 9.55 Å². The van der Waals surface area contributed by atoms with Crippen molar-refractivity contribution in [2.75, 3.05) is 0 Å². The van der Waals surface area contributed by atoms with Gasteiger partial charge < -0.3 is 9.15 Å². The number of benzene rings is 2. The Bertz CT molecular complexity index is 1310. The highest BCUT2D eigenvalue weighted by molar-refractivity contribution is 6.01. The van der Waals surface area contributed by atoms with E-state index in [1.54, 1.807) is 24.3 Å². The van der Waals surface area contributed by atoms with Crippen LogP contribution in [0.3, 0.4) is 0 Å². The van der Waals surface area contributed by atoms with Crippen LogP contribution in [0.2, 0.25) is 0 Å². The first kappa shape index (κ1) is 17.3. The Morgan fingerprint density at radius 3 is 2.86 bits per heavy atom. The predicted octanol–water partition coefficient (Wildman–Crippen LogP) is 2.80. The molecule has 140 valence electrons. The third-order valence-electron chi connectivity index (χ3n) is 3.99. The molecule has 2 aromatic heterocycles. The Hall–Kier alpha value is -4.08. The molecule has 0 aliphatic heterocycles. The zero-order chi connectivity index (χ0) is 19.8. The van der Waals surface area contributed by atoms with Gasteiger partial charge in [-0.3, -0.25) is 19.5 Å². The highest BCUT2D eigenvalue weighted by atomic mass is 19.1. The molecule has 4 aromatic rings. The Balaban J connectivity index is 1.65. The number of halogens is 1. The average molecular weight is 383 g/mol. The van der Waals surface area contributed by atoms with Gasteiger partial charge in [0.25, 0.3) is 5.56 Å². The molecule has 0 unspecified atom stereocenters. The molecule has 4 rings (SSSR count). The molecule has 0 saturated carbocycles. The minimum absolute atomic E-state index is 0.0340. The third kappa shape index (κ3) is 2.96. The van der Waals surface area contributed by atoms with Crippen molar-refractivity contribution in [1.29, 1.82) is 0 Å². The molecular formula is C18H10FN3O6. The second-order valence-electron chi connectivity index (χ2n) is 5.80. The van der Waals surface area contributed by atoms with Gasteiger partial charge in [0.1, 0.15) is 23.5 Å². The fourth-order valence-electron chi connectivity index (χ4n) is 2.74. The first-order valence-corrected chi connectivity index (χ1v) is 7.95. The molecule has 2 aromatic carbocycles. The number of rotatable bonds is 4. The summed E-state index contributed by atoms with van der Waals surface area (Å²) >= 11 is 0. The summed E-state index contributed by atoms with van der Waals surface area (Å²) in [6.45, 7) is -0.591. The number of nitro groups is 1. The van der Waals surface area contributed by atoms with Crippen LogP contribution in [0.1, 0.15) is 0 Å². The van der Waals surface area contributed by atoms with Gasteiger partial charge in [0, 0.05) is 17.5 Å². The molecule has 0 bridgehead atoms. The molecule has 9 nitrogen and oxygen atoms in total. The van der Waals surface area contributed by atoms with Gasteiger partial charge in [0.05, 0.1) is 11.3 Å². The molecule has 28 heavy (non-hydrogen) atoms. The number of furan rings is 1. The molecule has 2 heterocycles. The van der Waals surface area contributed by atoms with Crippen LogP contribution in [0.25, 0.3) is 22.1 Å². The molecule has 0 atom stereocenters. The lowest BCUT2D eigenvalue weighted by Crippen LogP contribution is -2.26. The second-order valence-corrected chi connectivity index (χ2v) is 5.80. The number of ether oxygens (including phenoxy) is 1. The van der Waals surface area contributed by atoms with Crippen LogP contribution in [-0.4, -0.2) is 20.4 Å². The number of nitrogens with zero attached hydrogens (tertiary/aromatic N) is 3. The van der Waals surface area contributed by atoms with Crippen LogP contribution < -0.4 is 10.3 Å². The smallest absolute Gasteiger partial charge is 0.331 e. The minimum Gasteiger partial charge on any atom is -0.448 e. The highest BCUT2D eigenvalue weighted by Gasteiger charge is 2.20. The Labute approximate surface area is 154 Å². The van der Waals surface area contributed by atoms with E-state index >= 15 is 0 Å². The van der Waals surface area contributed by atoms with Gasteiger partial charge in [-0.05, 0) is 18.2 Å². The number of hydrogen-bond donors (Lipinski definition) is 0. The molecule has 0 amide bonds. The largest absolute Gasteiger partial charge is 0.448 e. The maximum atomic E-state index is 13.3. The van der Waals surface area contributed by atoms with E-state index in [0.717, 1.165) is 29.1 Å². The maximum Gasteiger partial charge on any atom is 0.331 e. The zero-order valence-corrected chi connectivity index (χ0v) is 14.0. The van der Waals surface area contributed by atoms with Crippen LogP contribution >= 0.6 is 0 Å². The van der Waals surface area contributed by atoms with Crippen LogP contribution in [-0.2, 0) is 11.3 Å². The summed E-state index contributed by atoms with van der Waals surface area (Å²) in [5.41, 5.74) is -0.406. The molecule has 0 radical (unpaired) electrons. The Kier molecular flexibility index (Phi) is 4.07. The summed E-state index contributed by atoms with van der Waals surface area (Å²) in [4.78, 5) is 39.0. The maximum absolute atomic E-state index is 13.3. The second kappa shape index (κ2) is 6.58. The number of fused-ring (bicyclic) bond motifs is 3. The monoisotopic (exact) mass is 383 g/mol. The van der Waals surface area contributed by atoms with Crippen LogP contribution in [0.5, 0.6) is 5.75 Å². The standard InChI is InChI=1S/C18H10FN3O6/c19-10-5-6-12(22(25)26)14(7-10)27-15(23)8-21-9-20-16-11-3-1-2-4-13(11)28-17(16)18(21)24/h1-7,9H,8H2. The van der Waals surface area contributed by atoms with E-state index in [0.29, 0.717) is 16.5 Å². The van der Waals surface area contributed by atoms with Crippen LogP contribution in [0.15, 0.2) is 58.0 Å². The number of aromatic nitrogens is 2. The highest BCUT2D eigenvalue weighted by Crippen LogP contribution is 2.28. The van der Waals surface area contributed by atoms with Crippen molar-refractivity contribution in [2.24, 2.45) is 0 Å². The summed E-state index contributed by atoms with van der Waals surface area (Å²) < 4.78 is 24.7. The van der Waals surface area contributed by atoms with Gasteiger partial charge >= 0.3 is 11.7 Å². The molecule has 10 heteroatoms. The fourth-order valence-corrected chi connectivity index (χ4v) is 2.74. The number of carbonyl (C=O) groups is 1. The predicted molar refractivity (Wildman–Crippen MR) is 94.5 cm³/mol. The third-order valence-corrected chi connectivity index (χ3v) is 3.99. The lowest BCUT2D eigenvalue weighted by atomic mass is 10.2. The van der Waals surface area contributed by atoms with Gasteiger partial charge in [-0.2, -0.15) is 0 Å². The van der Waals surface area contributed by atoms with E-state index in [9.17, 15) is 24.1 Å². The van der Waals surface area contributed by atoms with Crippen molar-refractivity contribution >= 4 is 33.7 Å². The fraction of sp³-hybridized carbons (Fsp3) is 0.0556. The first-order valence-electron chi connectivity index (χ1n) is 7.95. The zero-order valence-electron chi connectivity index (χ0n) is 14.0. The van der Waals surface area contributed by atoms with Gasteiger partial charge in [0.15, 0.2) is 0 Å². The molecule has 0 aliphatic carbocycles. The number of para-hydroxylation sites is 1. The topological polar surface area (TPSA) is 117 Å². The lowest BCUT2D eigenvalue weighted by molar-refractivity contribution is -0.385. The summed E-state index contributed by atoms with van der Waals surface area (Å²) in [7, 11) is 0. The minimum atomic E-state index is -1.01. The van der Waals surface area contributed by atoms with Gasteiger partial charge in [-0.1, -0.05) is 12.1 Å². The van der Waals surface area contributed by atoms with Crippen LogP contribution in [0, 0.1) is 15.9 Å². The first-order chi connectivity index (χ1) is 13.4. The Morgan fingerprint density at radius 2 is 2.07 bits per heavy atom. The van der Waals surface area contributed by atoms with Crippen molar-refractivity contribution in [3.8, 4) is 5.75 Å².